The first-order valence-corrected chi connectivity index (χ1v) is 6.10. The molecule has 0 saturated carbocycles. The van der Waals surface area contributed by atoms with Gasteiger partial charge in [0, 0.05) is 12.6 Å². The van der Waals surface area contributed by atoms with Crippen molar-refractivity contribution in [1.29, 1.82) is 0 Å². The van der Waals surface area contributed by atoms with Crippen molar-refractivity contribution in [2.45, 2.75) is 57.6 Å². The molecule has 1 heterocycles. The molecule has 0 radical (unpaired) electrons. The maximum atomic E-state index is 9.69. The molecule has 15 heavy (non-hydrogen) atoms. The van der Waals surface area contributed by atoms with E-state index in [-0.39, 0.29) is 6.61 Å². The van der Waals surface area contributed by atoms with Crippen molar-refractivity contribution < 1.29 is 10.2 Å². The monoisotopic (exact) mass is 215 g/mol. The molecular formula is C12H25NO2. The summed E-state index contributed by atoms with van der Waals surface area (Å²) >= 11 is 0. The highest BCUT2D eigenvalue weighted by Gasteiger charge is 2.22. The summed E-state index contributed by atoms with van der Waals surface area (Å²) in [4.78, 5) is 2.34. The van der Waals surface area contributed by atoms with E-state index >= 15 is 0 Å². The number of aliphatic hydroxyl groups excluding tert-OH is 1. The zero-order valence-electron chi connectivity index (χ0n) is 10.1. The Kier molecular flexibility index (Phi) is 5.03. The molecule has 0 spiro atoms. The van der Waals surface area contributed by atoms with Crippen LogP contribution < -0.4 is 0 Å². The Hall–Kier alpha value is -0.120. The minimum absolute atomic E-state index is 0.256. The molecule has 90 valence electrons. The van der Waals surface area contributed by atoms with Crippen LogP contribution >= 0.6 is 0 Å². The Bertz CT molecular complexity index is 177. The minimum atomic E-state index is -0.591. The van der Waals surface area contributed by atoms with Crippen LogP contribution in [0.25, 0.3) is 0 Å². The maximum absolute atomic E-state index is 9.69. The van der Waals surface area contributed by atoms with Crippen molar-refractivity contribution in [2.24, 2.45) is 0 Å². The topological polar surface area (TPSA) is 43.7 Å². The SMILES string of the molecule is CC(C)(O)CCN1CCCCCC1CO. The molecule has 1 aliphatic heterocycles. The Labute approximate surface area is 93.1 Å². The second-order valence-electron chi connectivity index (χ2n) is 5.28. The normalized spacial score (nSPS) is 25.2. The lowest BCUT2D eigenvalue weighted by molar-refractivity contribution is 0.0434. The van der Waals surface area contributed by atoms with Gasteiger partial charge in [-0.2, -0.15) is 0 Å². The van der Waals surface area contributed by atoms with Gasteiger partial charge < -0.3 is 10.2 Å². The number of nitrogens with zero attached hydrogens (tertiary/aromatic N) is 1. The van der Waals surface area contributed by atoms with Gasteiger partial charge in [0.1, 0.15) is 0 Å². The van der Waals surface area contributed by atoms with E-state index in [2.05, 4.69) is 4.90 Å². The molecule has 0 aromatic rings. The molecule has 1 atom stereocenters. The van der Waals surface area contributed by atoms with Crippen molar-refractivity contribution >= 4 is 0 Å². The molecule has 1 aliphatic rings. The highest BCUT2D eigenvalue weighted by atomic mass is 16.3. The predicted octanol–water partition coefficient (Wildman–Crippen LogP) is 1.38. The van der Waals surface area contributed by atoms with E-state index in [0.29, 0.717) is 6.04 Å². The van der Waals surface area contributed by atoms with Gasteiger partial charge in [0.15, 0.2) is 0 Å². The summed E-state index contributed by atoms with van der Waals surface area (Å²) in [5.41, 5.74) is -0.591. The fourth-order valence-corrected chi connectivity index (χ4v) is 2.16. The van der Waals surface area contributed by atoms with Crippen molar-refractivity contribution in [3.63, 3.8) is 0 Å². The van der Waals surface area contributed by atoms with Crippen molar-refractivity contribution in [3.8, 4) is 0 Å². The average molecular weight is 215 g/mol. The van der Waals surface area contributed by atoms with Gasteiger partial charge in [-0.05, 0) is 39.7 Å². The first kappa shape index (κ1) is 12.9. The minimum Gasteiger partial charge on any atom is -0.395 e. The highest BCUT2D eigenvalue weighted by molar-refractivity contribution is 4.77. The third-order valence-corrected chi connectivity index (χ3v) is 3.22. The second-order valence-corrected chi connectivity index (χ2v) is 5.28. The van der Waals surface area contributed by atoms with Crippen LogP contribution in [-0.4, -0.2) is 46.5 Å². The summed E-state index contributed by atoms with van der Waals surface area (Å²) in [6.45, 7) is 5.92. The Morgan fingerprint density at radius 3 is 2.60 bits per heavy atom. The van der Waals surface area contributed by atoms with E-state index in [1.54, 1.807) is 0 Å². The zero-order valence-corrected chi connectivity index (χ0v) is 10.1. The van der Waals surface area contributed by atoms with Gasteiger partial charge in [-0.3, -0.25) is 4.90 Å². The quantitative estimate of drug-likeness (QED) is 0.744. The summed E-state index contributed by atoms with van der Waals surface area (Å²) in [7, 11) is 0. The van der Waals surface area contributed by atoms with Gasteiger partial charge >= 0.3 is 0 Å². The van der Waals surface area contributed by atoms with Crippen LogP contribution in [-0.2, 0) is 0 Å². The molecule has 0 aromatic heterocycles. The summed E-state index contributed by atoms with van der Waals surface area (Å²) in [6.07, 6.45) is 5.61. The van der Waals surface area contributed by atoms with Crippen molar-refractivity contribution in [1.82, 2.24) is 4.90 Å². The Morgan fingerprint density at radius 2 is 2.00 bits per heavy atom. The molecule has 3 nitrogen and oxygen atoms in total. The lowest BCUT2D eigenvalue weighted by Crippen LogP contribution is -2.40. The second kappa shape index (κ2) is 5.83. The molecule has 1 saturated heterocycles. The molecule has 2 N–H and O–H groups in total. The first-order valence-electron chi connectivity index (χ1n) is 6.10. The fraction of sp³-hybridized carbons (Fsp3) is 1.00. The molecule has 0 bridgehead atoms. The number of hydrogen-bond donors (Lipinski definition) is 2. The highest BCUT2D eigenvalue weighted by Crippen LogP contribution is 2.18. The molecule has 1 unspecified atom stereocenters. The van der Waals surface area contributed by atoms with Crippen molar-refractivity contribution in [3.05, 3.63) is 0 Å². The van der Waals surface area contributed by atoms with E-state index in [1.165, 1.54) is 19.3 Å². The van der Waals surface area contributed by atoms with Crippen LogP contribution in [0, 0.1) is 0 Å². The van der Waals surface area contributed by atoms with E-state index < -0.39 is 5.60 Å². The van der Waals surface area contributed by atoms with Crippen LogP contribution in [0.5, 0.6) is 0 Å². The Morgan fingerprint density at radius 1 is 1.27 bits per heavy atom. The third kappa shape index (κ3) is 4.96. The summed E-state index contributed by atoms with van der Waals surface area (Å²) in [6, 6.07) is 0.315. The molecule has 0 amide bonds. The van der Waals surface area contributed by atoms with Crippen LogP contribution in [0.2, 0.25) is 0 Å². The van der Waals surface area contributed by atoms with E-state index in [4.69, 9.17) is 0 Å². The zero-order chi connectivity index (χ0) is 11.3. The summed E-state index contributed by atoms with van der Waals surface area (Å²) < 4.78 is 0. The predicted molar refractivity (Wildman–Crippen MR) is 61.8 cm³/mol. The van der Waals surface area contributed by atoms with E-state index in [9.17, 15) is 10.2 Å². The largest absolute Gasteiger partial charge is 0.395 e. The number of likely N-dealkylation sites (tertiary alicyclic amines) is 1. The van der Waals surface area contributed by atoms with Gasteiger partial charge in [0.2, 0.25) is 0 Å². The number of hydrogen-bond acceptors (Lipinski definition) is 3. The fourth-order valence-electron chi connectivity index (χ4n) is 2.16. The standard InChI is InChI=1S/C12H25NO2/c1-12(2,15)7-9-13-8-5-3-4-6-11(13)10-14/h11,14-15H,3-10H2,1-2H3. The molecule has 0 aliphatic carbocycles. The van der Waals surface area contributed by atoms with Gasteiger partial charge in [-0.15, -0.1) is 0 Å². The lowest BCUT2D eigenvalue weighted by Gasteiger charge is -2.30. The van der Waals surface area contributed by atoms with Crippen LogP contribution in [0.4, 0.5) is 0 Å². The Balaban J connectivity index is 2.41. The molecule has 1 rings (SSSR count). The first-order chi connectivity index (χ1) is 7.03. The van der Waals surface area contributed by atoms with Crippen LogP contribution in [0.15, 0.2) is 0 Å². The van der Waals surface area contributed by atoms with Gasteiger partial charge in [-0.1, -0.05) is 12.8 Å². The molecule has 3 heteroatoms. The smallest absolute Gasteiger partial charge is 0.0603 e. The summed E-state index contributed by atoms with van der Waals surface area (Å²) in [5, 5.41) is 19.0. The molecular weight excluding hydrogens is 190 g/mol. The average Bonchev–Trinajstić information content (AvgIpc) is 2.37. The molecule has 0 aromatic carbocycles. The van der Waals surface area contributed by atoms with E-state index in [0.717, 1.165) is 25.9 Å². The van der Waals surface area contributed by atoms with Gasteiger partial charge in [0.25, 0.3) is 0 Å². The summed E-state index contributed by atoms with van der Waals surface area (Å²) in [5.74, 6) is 0. The van der Waals surface area contributed by atoms with E-state index in [1.807, 2.05) is 13.8 Å². The van der Waals surface area contributed by atoms with Crippen LogP contribution in [0.3, 0.4) is 0 Å². The van der Waals surface area contributed by atoms with Crippen molar-refractivity contribution in [2.75, 3.05) is 19.7 Å². The lowest BCUT2D eigenvalue weighted by atomic mass is 10.0. The van der Waals surface area contributed by atoms with Crippen LogP contribution in [0.1, 0.15) is 46.0 Å². The number of rotatable bonds is 4. The maximum Gasteiger partial charge on any atom is 0.0603 e. The van der Waals surface area contributed by atoms with Gasteiger partial charge in [-0.25, -0.2) is 0 Å². The van der Waals surface area contributed by atoms with Gasteiger partial charge in [0.05, 0.1) is 12.2 Å². The number of aliphatic hydroxyl groups is 2. The molecule has 1 fully saturated rings. The third-order valence-electron chi connectivity index (χ3n) is 3.22.